The summed E-state index contributed by atoms with van der Waals surface area (Å²) in [6, 6.07) is 0. The molecule has 0 aromatic carbocycles. The van der Waals surface area contributed by atoms with Gasteiger partial charge in [0.2, 0.25) is 5.91 Å². The van der Waals surface area contributed by atoms with Crippen molar-refractivity contribution in [1.29, 1.82) is 0 Å². The van der Waals surface area contributed by atoms with Crippen LogP contribution >= 0.6 is 0 Å². The zero-order valence-electron chi connectivity index (χ0n) is 9.76. The average molecular weight is 216 g/mol. The highest BCUT2D eigenvalue weighted by atomic mass is 16.5. The second-order valence-electron chi connectivity index (χ2n) is 3.70. The third kappa shape index (κ3) is 11.3. The highest BCUT2D eigenvalue weighted by Crippen LogP contribution is 2.04. The first-order chi connectivity index (χ1) is 7.31. The SMILES string of the molecule is CCCCCCCCOCCC(=O)NN. The van der Waals surface area contributed by atoms with Gasteiger partial charge in [-0.15, -0.1) is 0 Å². The van der Waals surface area contributed by atoms with Crippen molar-refractivity contribution in [2.75, 3.05) is 13.2 Å². The molecular weight excluding hydrogens is 192 g/mol. The van der Waals surface area contributed by atoms with Gasteiger partial charge in [-0.2, -0.15) is 0 Å². The molecule has 0 saturated heterocycles. The quantitative estimate of drug-likeness (QED) is 0.253. The van der Waals surface area contributed by atoms with Crippen molar-refractivity contribution in [3.05, 3.63) is 0 Å². The van der Waals surface area contributed by atoms with Gasteiger partial charge < -0.3 is 4.74 Å². The summed E-state index contributed by atoms with van der Waals surface area (Å²) in [5, 5.41) is 0. The smallest absolute Gasteiger partial charge is 0.236 e. The summed E-state index contributed by atoms with van der Waals surface area (Å²) in [6.07, 6.45) is 7.90. The number of rotatable bonds is 10. The molecular formula is C11H24N2O2. The van der Waals surface area contributed by atoms with Crippen molar-refractivity contribution >= 4 is 5.91 Å². The van der Waals surface area contributed by atoms with Crippen molar-refractivity contribution in [3.63, 3.8) is 0 Å². The van der Waals surface area contributed by atoms with E-state index in [4.69, 9.17) is 10.6 Å². The number of carbonyl (C=O) groups excluding carboxylic acids is 1. The van der Waals surface area contributed by atoms with Gasteiger partial charge in [0.1, 0.15) is 0 Å². The largest absolute Gasteiger partial charge is 0.381 e. The second kappa shape index (κ2) is 11.5. The predicted molar refractivity (Wildman–Crippen MR) is 61.1 cm³/mol. The Hall–Kier alpha value is -0.610. The van der Waals surface area contributed by atoms with E-state index in [1.807, 2.05) is 0 Å². The number of amides is 1. The van der Waals surface area contributed by atoms with Gasteiger partial charge in [-0.25, -0.2) is 5.84 Å². The van der Waals surface area contributed by atoms with Crippen LogP contribution in [0.5, 0.6) is 0 Å². The first-order valence-electron chi connectivity index (χ1n) is 5.88. The van der Waals surface area contributed by atoms with Gasteiger partial charge in [0.25, 0.3) is 0 Å². The van der Waals surface area contributed by atoms with Crippen molar-refractivity contribution in [2.45, 2.75) is 51.9 Å². The van der Waals surface area contributed by atoms with E-state index in [-0.39, 0.29) is 5.91 Å². The van der Waals surface area contributed by atoms with Crippen LogP contribution in [0.1, 0.15) is 51.9 Å². The van der Waals surface area contributed by atoms with Crippen molar-refractivity contribution in [3.8, 4) is 0 Å². The van der Waals surface area contributed by atoms with E-state index in [9.17, 15) is 4.79 Å². The molecule has 0 bridgehead atoms. The molecule has 0 aliphatic heterocycles. The van der Waals surface area contributed by atoms with Crippen LogP contribution in [0.15, 0.2) is 0 Å². The number of nitrogens with two attached hydrogens (primary N) is 1. The molecule has 0 rings (SSSR count). The first-order valence-corrected chi connectivity index (χ1v) is 5.88. The van der Waals surface area contributed by atoms with Crippen LogP contribution in [0.4, 0.5) is 0 Å². The maximum atomic E-state index is 10.7. The third-order valence-corrected chi connectivity index (χ3v) is 2.28. The monoisotopic (exact) mass is 216 g/mol. The topological polar surface area (TPSA) is 64.3 Å². The average Bonchev–Trinajstić information content (AvgIpc) is 2.26. The molecule has 1 amide bonds. The zero-order chi connectivity index (χ0) is 11.4. The minimum Gasteiger partial charge on any atom is -0.381 e. The highest BCUT2D eigenvalue weighted by molar-refractivity contribution is 5.75. The molecule has 0 aromatic rings. The van der Waals surface area contributed by atoms with Gasteiger partial charge in [-0.1, -0.05) is 39.0 Å². The summed E-state index contributed by atoms with van der Waals surface area (Å²) in [4.78, 5) is 10.7. The first kappa shape index (κ1) is 14.4. The van der Waals surface area contributed by atoms with Gasteiger partial charge in [0.05, 0.1) is 13.0 Å². The lowest BCUT2D eigenvalue weighted by atomic mass is 10.1. The number of nitrogens with one attached hydrogen (secondary N) is 1. The highest BCUT2D eigenvalue weighted by Gasteiger charge is 1.97. The Morgan fingerprint density at radius 1 is 1.13 bits per heavy atom. The summed E-state index contributed by atoms with van der Waals surface area (Å²) in [5.74, 6) is 4.76. The van der Waals surface area contributed by atoms with Crippen LogP contribution in [0.25, 0.3) is 0 Å². The van der Waals surface area contributed by atoms with Crippen LogP contribution in [0, 0.1) is 0 Å². The van der Waals surface area contributed by atoms with E-state index in [2.05, 4.69) is 12.3 Å². The van der Waals surface area contributed by atoms with E-state index in [0.717, 1.165) is 13.0 Å². The fraction of sp³-hybridized carbons (Fsp3) is 0.909. The van der Waals surface area contributed by atoms with E-state index >= 15 is 0 Å². The Kier molecular flexibility index (Phi) is 11.0. The summed E-state index contributed by atoms with van der Waals surface area (Å²) in [5.41, 5.74) is 2.07. The van der Waals surface area contributed by atoms with Gasteiger partial charge in [0.15, 0.2) is 0 Å². The normalized spacial score (nSPS) is 10.3. The summed E-state index contributed by atoms with van der Waals surface area (Å²) < 4.78 is 5.30. The molecule has 0 heterocycles. The van der Waals surface area contributed by atoms with Crippen LogP contribution in [0.2, 0.25) is 0 Å². The summed E-state index contributed by atoms with van der Waals surface area (Å²) in [7, 11) is 0. The van der Waals surface area contributed by atoms with Gasteiger partial charge in [-0.05, 0) is 6.42 Å². The van der Waals surface area contributed by atoms with E-state index < -0.39 is 0 Å². The number of ether oxygens (including phenoxy) is 1. The molecule has 0 unspecified atom stereocenters. The molecule has 15 heavy (non-hydrogen) atoms. The number of hydrogen-bond acceptors (Lipinski definition) is 3. The molecule has 0 aliphatic carbocycles. The number of hydrogen-bond donors (Lipinski definition) is 2. The Morgan fingerprint density at radius 2 is 1.80 bits per heavy atom. The molecule has 0 radical (unpaired) electrons. The molecule has 90 valence electrons. The maximum absolute atomic E-state index is 10.7. The molecule has 0 atom stereocenters. The Balaban J connectivity index is 2.95. The molecule has 4 nitrogen and oxygen atoms in total. The number of hydrazine groups is 1. The minimum atomic E-state index is -0.169. The Morgan fingerprint density at radius 3 is 2.47 bits per heavy atom. The second-order valence-corrected chi connectivity index (χ2v) is 3.70. The predicted octanol–water partition coefficient (Wildman–Crippen LogP) is 1.74. The van der Waals surface area contributed by atoms with Crippen molar-refractivity contribution in [1.82, 2.24) is 5.43 Å². The fourth-order valence-electron chi connectivity index (χ4n) is 1.32. The molecule has 0 spiro atoms. The van der Waals surface area contributed by atoms with Gasteiger partial charge in [0, 0.05) is 6.61 Å². The lowest BCUT2D eigenvalue weighted by molar-refractivity contribution is -0.122. The van der Waals surface area contributed by atoms with Crippen molar-refractivity contribution in [2.24, 2.45) is 5.84 Å². The molecule has 4 heteroatoms. The lowest BCUT2D eigenvalue weighted by Crippen LogP contribution is -2.30. The third-order valence-electron chi connectivity index (χ3n) is 2.28. The minimum absolute atomic E-state index is 0.169. The molecule has 0 aromatic heterocycles. The van der Waals surface area contributed by atoms with Crippen LogP contribution in [-0.2, 0) is 9.53 Å². The van der Waals surface area contributed by atoms with Crippen LogP contribution in [0.3, 0.4) is 0 Å². The Labute approximate surface area is 92.5 Å². The number of carbonyl (C=O) groups is 1. The molecule has 0 fully saturated rings. The summed E-state index contributed by atoms with van der Waals surface area (Å²) >= 11 is 0. The van der Waals surface area contributed by atoms with Crippen molar-refractivity contribution < 1.29 is 9.53 Å². The molecule has 0 saturated carbocycles. The lowest BCUT2D eigenvalue weighted by Gasteiger charge is -2.03. The van der Waals surface area contributed by atoms with E-state index in [0.29, 0.717) is 13.0 Å². The van der Waals surface area contributed by atoms with Crippen LogP contribution in [-0.4, -0.2) is 19.1 Å². The van der Waals surface area contributed by atoms with Gasteiger partial charge in [-0.3, -0.25) is 10.2 Å². The van der Waals surface area contributed by atoms with Crippen LogP contribution < -0.4 is 11.3 Å². The van der Waals surface area contributed by atoms with Gasteiger partial charge >= 0.3 is 0 Å². The molecule has 0 aliphatic rings. The zero-order valence-corrected chi connectivity index (χ0v) is 9.76. The molecule has 3 N–H and O–H groups in total. The number of unbranched alkanes of at least 4 members (excludes halogenated alkanes) is 5. The Bertz CT molecular complexity index is 152. The summed E-state index contributed by atoms with van der Waals surface area (Å²) in [6.45, 7) is 3.44. The van der Waals surface area contributed by atoms with E-state index in [1.165, 1.54) is 32.1 Å². The van der Waals surface area contributed by atoms with E-state index in [1.54, 1.807) is 0 Å². The standard InChI is InChI=1S/C11H24N2O2/c1-2-3-4-5-6-7-9-15-10-8-11(14)13-12/h2-10,12H2,1H3,(H,13,14). The maximum Gasteiger partial charge on any atom is 0.236 e. The fourth-order valence-corrected chi connectivity index (χ4v) is 1.32.